The first-order chi connectivity index (χ1) is 8.24. The van der Waals surface area contributed by atoms with Crippen LogP contribution in [0.15, 0.2) is 12.2 Å². The Bertz CT molecular complexity index is 291. The molecule has 3 heteroatoms. The molecule has 3 nitrogen and oxygen atoms in total. The minimum Gasteiger partial charge on any atom is -0.356 e. The van der Waals surface area contributed by atoms with Gasteiger partial charge in [0.15, 0.2) is 0 Å². The van der Waals surface area contributed by atoms with Crippen LogP contribution >= 0.6 is 0 Å². The van der Waals surface area contributed by atoms with Gasteiger partial charge in [-0.25, -0.2) is 0 Å². The maximum absolute atomic E-state index is 11.3. The molecule has 2 rings (SSSR count). The average molecular weight is 236 g/mol. The van der Waals surface area contributed by atoms with Crippen molar-refractivity contribution in [2.24, 2.45) is 5.41 Å². The highest BCUT2D eigenvalue weighted by molar-refractivity contribution is 5.79. The van der Waals surface area contributed by atoms with Gasteiger partial charge in [-0.15, -0.1) is 0 Å². The summed E-state index contributed by atoms with van der Waals surface area (Å²) in [5.41, 5.74) is 0.292. The van der Waals surface area contributed by atoms with E-state index in [-0.39, 0.29) is 5.91 Å². The summed E-state index contributed by atoms with van der Waals surface area (Å²) in [5.74, 6) is 0.251. The third-order valence-electron chi connectivity index (χ3n) is 4.10. The van der Waals surface area contributed by atoms with Gasteiger partial charge in [0.25, 0.3) is 0 Å². The number of allylic oxidation sites excluding steroid dienone is 1. The van der Waals surface area contributed by atoms with Crippen molar-refractivity contribution in [2.45, 2.75) is 39.0 Å². The molecule has 1 spiro atoms. The Balaban J connectivity index is 1.73. The number of unbranched alkanes of at least 4 members (excludes halogenated alkanes) is 1. The second kappa shape index (κ2) is 5.67. The minimum atomic E-state index is 0.251. The molecule has 0 aromatic rings. The number of amides is 1. The molecule has 1 amide bonds. The first-order valence-corrected chi connectivity index (χ1v) is 6.88. The molecule has 17 heavy (non-hydrogen) atoms. The topological polar surface area (TPSA) is 32.3 Å². The smallest absolute Gasteiger partial charge is 0.220 e. The Morgan fingerprint density at radius 3 is 2.71 bits per heavy atom. The lowest BCUT2D eigenvalue weighted by molar-refractivity contribution is -0.119. The lowest BCUT2D eigenvalue weighted by Crippen LogP contribution is -2.41. The zero-order valence-corrected chi connectivity index (χ0v) is 10.9. The quantitative estimate of drug-likeness (QED) is 0.757. The fourth-order valence-electron chi connectivity index (χ4n) is 2.82. The first kappa shape index (κ1) is 12.6. The molecule has 0 aromatic heterocycles. The van der Waals surface area contributed by atoms with Crippen molar-refractivity contribution in [3.05, 3.63) is 12.2 Å². The van der Waals surface area contributed by atoms with Gasteiger partial charge in [-0.2, -0.15) is 0 Å². The first-order valence-electron chi connectivity index (χ1n) is 6.88. The van der Waals surface area contributed by atoms with Gasteiger partial charge >= 0.3 is 0 Å². The van der Waals surface area contributed by atoms with E-state index in [1.165, 1.54) is 25.7 Å². The molecule has 0 aromatic carbocycles. The summed E-state index contributed by atoms with van der Waals surface area (Å²) in [6.07, 6.45) is 10.1. The SMILES string of the molecule is CCCC=CCN1CCC2(CC1)CNC(=O)C2. The van der Waals surface area contributed by atoms with Crippen LogP contribution in [0, 0.1) is 5.41 Å². The molecule has 2 aliphatic rings. The van der Waals surface area contributed by atoms with Gasteiger partial charge in [-0.05, 0) is 37.8 Å². The summed E-state index contributed by atoms with van der Waals surface area (Å²) in [6.45, 7) is 6.48. The van der Waals surface area contributed by atoms with E-state index >= 15 is 0 Å². The van der Waals surface area contributed by atoms with Crippen molar-refractivity contribution in [2.75, 3.05) is 26.2 Å². The molecule has 0 atom stereocenters. The largest absolute Gasteiger partial charge is 0.356 e. The molecule has 0 radical (unpaired) electrons. The summed E-state index contributed by atoms with van der Waals surface area (Å²) in [5, 5.41) is 2.98. The van der Waals surface area contributed by atoms with Crippen LogP contribution in [0.4, 0.5) is 0 Å². The van der Waals surface area contributed by atoms with Crippen molar-refractivity contribution in [3.8, 4) is 0 Å². The highest BCUT2D eigenvalue weighted by Gasteiger charge is 2.40. The maximum Gasteiger partial charge on any atom is 0.220 e. The van der Waals surface area contributed by atoms with Crippen LogP contribution in [0.5, 0.6) is 0 Å². The highest BCUT2D eigenvalue weighted by Crippen LogP contribution is 2.37. The van der Waals surface area contributed by atoms with E-state index < -0.39 is 0 Å². The molecule has 2 aliphatic heterocycles. The second-order valence-corrected chi connectivity index (χ2v) is 5.51. The normalized spacial score (nSPS) is 24.6. The van der Waals surface area contributed by atoms with Gasteiger partial charge in [0, 0.05) is 19.5 Å². The number of piperidine rings is 1. The van der Waals surface area contributed by atoms with Crippen LogP contribution in [-0.4, -0.2) is 37.0 Å². The Morgan fingerprint density at radius 1 is 1.35 bits per heavy atom. The summed E-state index contributed by atoms with van der Waals surface area (Å²) < 4.78 is 0. The standard InChI is InChI=1S/C14H24N2O/c1-2-3-4-5-8-16-9-6-14(7-10-16)11-13(17)15-12-14/h4-5H,2-3,6-12H2,1H3,(H,15,17). The average Bonchev–Trinajstić information content (AvgIpc) is 2.69. The van der Waals surface area contributed by atoms with Crippen molar-refractivity contribution >= 4 is 5.91 Å². The summed E-state index contributed by atoms with van der Waals surface area (Å²) >= 11 is 0. The number of nitrogens with one attached hydrogen (secondary N) is 1. The van der Waals surface area contributed by atoms with Crippen LogP contribution < -0.4 is 5.32 Å². The molecule has 2 fully saturated rings. The van der Waals surface area contributed by atoms with Crippen LogP contribution in [-0.2, 0) is 4.79 Å². The summed E-state index contributed by atoms with van der Waals surface area (Å²) in [6, 6.07) is 0. The van der Waals surface area contributed by atoms with E-state index in [4.69, 9.17) is 0 Å². The van der Waals surface area contributed by atoms with Gasteiger partial charge < -0.3 is 5.32 Å². The van der Waals surface area contributed by atoms with Gasteiger partial charge in [-0.1, -0.05) is 25.5 Å². The molecule has 0 saturated carbocycles. The molecule has 2 saturated heterocycles. The number of likely N-dealkylation sites (tertiary alicyclic amines) is 1. The van der Waals surface area contributed by atoms with Crippen molar-refractivity contribution < 1.29 is 4.79 Å². The zero-order valence-electron chi connectivity index (χ0n) is 10.9. The van der Waals surface area contributed by atoms with E-state index in [9.17, 15) is 4.79 Å². The monoisotopic (exact) mass is 236 g/mol. The number of nitrogens with zero attached hydrogens (tertiary/aromatic N) is 1. The van der Waals surface area contributed by atoms with E-state index in [1.807, 2.05) is 0 Å². The van der Waals surface area contributed by atoms with Gasteiger partial charge in [0.05, 0.1) is 0 Å². The van der Waals surface area contributed by atoms with Gasteiger partial charge in [0.2, 0.25) is 5.91 Å². The second-order valence-electron chi connectivity index (χ2n) is 5.51. The summed E-state index contributed by atoms with van der Waals surface area (Å²) in [7, 11) is 0. The van der Waals surface area contributed by atoms with Crippen LogP contribution in [0.2, 0.25) is 0 Å². The van der Waals surface area contributed by atoms with Crippen molar-refractivity contribution in [1.82, 2.24) is 10.2 Å². The molecule has 2 heterocycles. The van der Waals surface area contributed by atoms with Gasteiger partial charge in [0.1, 0.15) is 0 Å². The van der Waals surface area contributed by atoms with Crippen molar-refractivity contribution in [3.63, 3.8) is 0 Å². The van der Waals surface area contributed by atoms with Crippen LogP contribution in [0.25, 0.3) is 0 Å². The fourth-order valence-corrected chi connectivity index (χ4v) is 2.82. The Kier molecular flexibility index (Phi) is 4.21. The Labute approximate surface area is 104 Å². The van der Waals surface area contributed by atoms with Crippen molar-refractivity contribution in [1.29, 1.82) is 0 Å². The summed E-state index contributed by atoms with van der Waals surface area (Å²) in [4.78, 5) is 13.8. The maximum atomic E-state index is 11.3. The molecular formula is C14H24N2O. The highest BCUT2D eigenvalue weighted by atomic mass is 16.1. The Hall–Kier alpha value is -0.830. The van der Waals surface area contributed by atoms with E-state index in [2.05, 4.69) is 29.3 Å². The molecule has 0 unspecified atom stereocenters. The Morgan fingerprint density at radius 2 is 2.12 bits per heavy atom. The zero-order chi connectivity index (χ0) is 12.1. The molecule has 96 valence electrons. The van der Waals surface area contributed by atoms with E-state index in [0.717, 1.165) is 32.6 Å². The lowest BCUT2D eigenvalue weighted by atomic mass is 9.78. The predicted octanol–water partition coefficient (Wildman–Crippen LogP) is 1.94. The van der Waals surface area contributed by atoms with Crippen LogP contribution in [0.3, 0.4) is 0 Å². The van der Waals surface area contributed by atoms with E-state index in [1.54, 1.807) is 0 Å². The molecule has 1 N–H and O–H groups in total. The predicted molar refractivity (Wildman–Crippen MR) is 69.8 cm³/mol. The third-order valence-corrected chi connectivity index (χ3v) is 4.10. The lowest BCUT2D eigenvalue weighted by Gasteiger charge is -2.37. The van der Waals surface area contributed by atoms with Crippen LogP contribution in [0.1, 0.15) is 39.0 Å². The minimum absolute atomic E-state index is 0.251. The fraction of sp³-hybridized carbons (Fsp3) is 0.786. The molecule has 0 aliphatic carbocycles. The molecular weight excluding hydrogens is 212 g/mol. The van der Waals surface area contributed by atoms with E-state index in [0.29, 0.717) is 5.41 Å². The van der Waals surface area contributed by atoms with Gasteiger partial charge in [-0.3, -0.25) is 9.69 Å². The number of carbonyl (C=O) groups excluding carboxylic acids is 1. The number of rotatable bonds is 4. The number of hydrogen-bond donors (Lipinski definition) is 1. The number of hydrogen-bond acceptors (Lipinski definition) is 2. The molecule has 0 bridgehead atoms. The number of carbonyl (C=O) groups is 1. The third kappa shape index (κ3) is 3.32.